The minimum atomic E-state index is -1.00. The summed E-state index contributed by atoms with van der Waals surface area (Å²) in [6.45, 7) is 2.22. The summed E-state index contributed by atoms with van der Waals surface area (Å²) in [6, 6.07) is 8.07. The van der Waals surface area contributed by atoms with Gasteiger partial charge in [-0.1, -0.05) is 0 Å². The van der Waals surface area contributed by atoms with Crippen LogP contribution in [0.5, 0.6) is 11.5 Å². The first-order valence-corrected chi connectivity index (χ1v) is 13.6. The number of carbonyl (C=O) groups is 4. The van der Waals surface area contributed by atoms with Crippen LogP contribution in [0.2, 0.25) is 0 Å². The van der Waals surface area contributed by atoms with Crippen molar-refractivity contribution in [2.75, 3.05) is 26.1 Å². The van der Waals surface area contributed by atoms with Crippen molar-refractivity contribution in [3.8, 4) is 11.5 Å². The van der Waals surface area contributed by atoms with Crippen LogP contribution in [0.15, 0.2) is 39.9 Å². The lowest BCUT2D eigenvalue weighted by molar-refractivity contribution is -0.136. The van der Waals surface area contributed by atoms with Gasteiger partial charge in [0.2, 0.25) is 5.76 Å². The smallest absolute Gasteiger partial charge is 0.373 e. The summed E-state index contributed by atoms with van der Waals surface area (Å²) in [5.41, 5.74) is 3.92. The molecule has 2 aromatic heterocycles. The van der Waals surface area contributed by atoms with Crippen molar-refractivity contribution >= 4 is 46.3 Å². The lowest BCUT2D eigenvalue weighted by Gasteiger charge is -2.12. The van der Waals surface area contributed by atoms with Crippen LogP contribution in [0, 0.1) is 0 Å². The Labute approximate surface area is 239 Å². The largest absolute Gasteiger partial charge is 0.490 e. The van der Waals surface area contributed by atoms with Crippen LogP contribution in [0.1, 0.15) is 62.4 Å². The van der Waals surface area contributed by atoms with Crippen LogP contribution in [-0.2, 0) is 38.5 Å². The van der Waals surface area contributed by atoms with E-state index in [1.807, 2.05) is 6.92 Å². The van der Waals surface area contributed by atoms with Gasteiger partial charge >= 0.3 is 23.8 Å². The van der Waals surface area contributed by atoms with Gasteiger partial charge in [-0.15, -0.1) is 11.3 Å². The number of nitrogens with zero attached hydrogens (tertiary/aromatic N) is 1. The third kappa shape index (κ3) is 7.11. The predicted octanol–water partition coefficient (Wildman–Crippen LogP) is 3.86. The van der Waals surface area contributed by atoms with Crippen LogP contribution in [0.4, 0.5) is 5.00 Å². The molecule has 0 fully saturated rings. The molecule has 3 aromatic rings. The Bertz CT molecular complexity index is 1470. The number of hydrogen-bond acceptors (Lipinski definition) is 11. The third-order valence-corrected chi connectivity index (χ3v) is 7.27. The molecule has 216 valence electrons. The minimum absolute atomic E-state index is 0.0423. The predicted molar refractivity (Wildman–Crippen MR) is 149 cm³/mol. The normalized spacial score (nSPS) is 12.4. The molecule has 2 heterocycles. The second-order valence-electron chi connectivity index (χ2n) is 8.75. The van der Waals surface area contributed by atoms with Crippen LogP contribution in [0.3, 0.4) is 0 Å². The van der Waals surface area contributed by atoms with E-state index in [0.717, 1.165) is 36.1 Å². The minimum Gasteiger partial charge on any atom is -0.490 e. The number of hydrazone groups is 1. The summed E-state index contributed by atoms with van der Waals surface area (Å²) < 4.78 is 26.4. The van der Waals surface area contributed by atoms with Gasteiger partial charge in [-0.2, -0.15) is 5.10 Å². The number of aryl methyl sites for hydroxylation is 1. The van der Waals surface area contributed by atoms with E-state index in [1.54, 1.807) is 24.3 Å². The Hall–Kier alpha value is -4.65. The number of amides is 2. The third-order valence-electron chi connectivity index (χ3n) is 6.06. The molecular formula is C28H29N3O9S. The van der Waals surface area contributed by atoms with E-state index in [2.05, 4.69) is 20.6 Å². The quantitative estimate of drug-likeness (QED) is 0.157. The first kappa shape index (κ1) is 29.3. The van der Waals surface area contributed by atoms with Gasteiger partial charge in [0.15, 0.2) is 11.5 Å². The number of rotatable bonds is 10. The van der Waals surface area contributed by atoms with Crippen LogP contribution < -0.4 is 20.2 Å². The Morgan fingerprint density at radius 2 is 1.76 bits per heavy atom. The number of methoxy groups -OCH3 is 2. The number of hydrogen-bond donors (Lipinski definition) is 2. The molecule has 1 aliphatic rings. The number of anilines is 1. The lowest BCUT2D eigenvalue weighted by atomic mass is 9.95. The molecule has 1 aromatic carbocycles. The molecule has 0 saturated heterocycles. The molecule has 4 rings (SSSR count). The van der Waals surface area contributed by atoms with E-state index in [4.69, 9.17) is 18.6 Å². The Balaban J connectivity index is 1.37. The fourth-order valence-corrected chi connectivity index (χ4v) is 5.43. The van der Waals surface area contributed by atoms with Gasteiger partial charge in [0.25, 0.3) is 0 Å². The maximum atomic E-state index is 12.5. The molecule has 1 aliphatic carbocycles. The van der Waals surface area contributed by atoms with E-state index < -0.39 is 23.8 Å². The highest BCUT2D eigenvalue weighted by Crippen LogP contribution is 2.38. The Morgan fingerprint density at radius 3 is 2.51 bits per heavy atom. The maximum absolute atomic E-state index is 12.5. The number of esters is 2. The van der Waals surface area contributed by atoms with Gasteiger partial charge in [0.05, 0.1) is 32.6 Å². The van der Waals surface area contributed by atoms with Crippen molar-refractivity contribution in [3.63, 3.8) is 0 Å². The molecule has 13 heteroatoms. The highest BCUT2D eigenvalue weighted by atomic mass is 32.1. The molecule has 0 unspecified atom stereocenters. The summed E-state index contributed by atoms with van der Waals surface area (Å²) in [7, 11) is 2.54. The number of thiophene rings is 1. The van der Waals surface area contributed by atoms with Crippen LogP contribution in [0.25, 0.3) is 0 Å². The summed E-state index contributed by atoms with van der Waals surface area (Å²) in [4.78, 5) is 49.9. The number of nitrogens with one attached hydrogen (secondary N) is 2. The number of furan rings is 1. The molecule has 0 aliphatic heterocycles. The molecule has 2 amide bonds. The highest BCUT2D eigenvalue weighted by molar-refractivity contribution is 7.17. The summed E-state index contributed by atoms with van der Waals surface area (Å²) >= 11 is 1.28. The standard InChI is InChI=1S/C28H29N3O9S/c1-4-38-21-13-16(9-11-19(21)39-15-17-10-12-20(40-17)27(34)36-2)14-29-31-25(33)24(32)30-26-23(28(35)37-3)18-7-5-6-8-22(18)41-26/h9-14H,4-8,15H2,1-3H3,(H,30,32)(H,31,33)/b29-14+. The van der Waals surface area contributed by atoms with Crippen molar-refractivity contribution in [1.29, 1.82) is 0 Å². The second-order valence-corrected chi connectivity index (χ2v) is 9.85. The van der Waals surface area contributed by atoms with Gasteiger partial charge in [-0.25, -0.2) is 15.0 Å². The summed E-state index contributed by atoms with van der Waals surface area (Å²) in [5.74, 6) is -1.78. The number of benzene rings is 1. The van der Waals surface area contributed by atoms with Gasteiger partial charge < -0.3 is 28.7 Å². The monoisotopic (exact) mass is 583 g/mol. The zero-order chi connectivity index (χ0) is 29.4. The lowest BCUT2D eigenvalue weighted by Crippen LogP contribution is -2.32. The van der Waals surface area contributed by atoms with Gasteiger partial charge in [-0.3, -0.25) is 9.59 Å². The zero-order valence-corrected chi connectivity index (χ0v) is 23.6. The molecular weight excluding hydrogens is 554 g/mol. The molecule has 41 heavy (non-hydrogen) atoms. The van der Waals surface area contributed by atoms with Crippen molar-refractivity contribution in [2.45, 2.75) is 39.2 Å². The van der Waals surface area contributed by atoms with Gasteiger partial charge in [0, 0.05) is 4.88 Å². The van der Waals surface area contributed by atoms with E-state index in [9.17, 15) is 19.2 Å². The van der Waals surface area contributed by atoms with Gasteiger partial charge in [-0.05, 0) is 74.1 Å². The highest BCUT2D eigenvalue weighted by Gasteiger charge is 2.28. The number of ether oxygens (including phenoxy) is 4. The summed E-state index contributed by atoms with van der Waals surface area (Å²) in [6.07, 6.45) is 4.81. The molecule has 0 spiro atoms. The fourth-order valence-electron chi connectivity index (χ4n) is 4.16. The average Bonchev–Trinajstić information content (AvgIpc) is 3.60. The molecule has 0 saturated carbocycles. The molecule has 2 N–H and O–H groups in total. The summed E-state index contributed by atoms with van der Waals surface area (Å²) in [5, 5.41) is 6.68. The van der Waals surface area contributed by atoms with E-state index >= 15 is 0 Å². The molecule has 0 radical (unpaired) electrons. The van der Waals surface area contributed by atoms with Crippen molar-refractivity contribution in [1.82, 2.24) is 5.43 Å². The SMILES string of the molecule is CCOc1cc(/C=N/NC(=O)C(=O)Nc2sc3c(c2C(=O)OC)CCCC3)ccc1OCc1ccc(C(=O)OC)o1. The number of carbonyl (C=O) groups excluding carboxylic acids is 4. The van der Waals surface area contributed by atoms with Crippen LogP contribution in [-0.4, -0.2) is 50.8 Å². The van der Waals surface area contributed by atoms with Gasteiger partial charge in [0.1, 0.15) is 17.4 Å². The zero-order valence-electron chi connectivity index (χ0n) is 22.7. The first-order chi connectivity index (χ1) is 19.8. The van der Waals surface area contributed by atoms with E-state index in [-0.39, 0.29) is 12.4 Å². The Morgan fingerprint density at radius 1 is 0.976 bits per heavy atom. The molecule has 12 nitrogen and oxygen atoms in total. The topological polar surface area (TPSA) is 155 Å². The van der Waals surface area contributed by atoms with Crippen molar-refractivity contribution in [3.05, 3.63) is 63.4 Å². The Kier molecular flexibility index (Phi) is 9.74. The fraction of sp³-hybridized carbons (Fsp3) is 0.321. The molecule has 0 atom stereocenters. The van der Waals surface area contributed by atoms with Crippen molar-refractivity contribution < 1.29 is 42.5 Å². The molecule has 0 bridgehead atoms. The second kappa shape index (κ2) is 13.6. The van der Waals surface area contributed by atoms with Crippen molar-refractivity contribution in [2.24, 2.45) is 5.10 Å². The van der Waals surface area contributed by atoms with E-state index in [1.165, 1.54) is 37.8 Å². The maximum Gasteiger partial charge on any atom is 0.373 e. The van der Waals surface area contributed by atoms with Crippen LogP contribution >= 0.6 is 11.3 Å². The average molecular weight is 584 g/mol. The van der Waals surface area contributed by atoms with E-state index in [0.29, 0.717) is 40.0 Å². The number of fused-ring (bicyclic) bond motifs is 1. The first-order valence-electron chi connectivity index (χ1n) is 12.8.